The van der Waals surface area contributed by atoms with Crippen molar-refractivity contribution in [2.75, 3.05) is 0 Å². The Labute approximate surface area is 178 Å². The molecule has 0 aliphatic carbocycles. The molecule has 5 atom stereocenters. The molecule has 0 radical (unpaired) electrons. The minimum atomic E-state index is -1.83. The molecule has 0 saturated carbocycles. The second-order valence-electron chi connectivity index (χ2n) is 7.19. The zero-order chi connectivity index (χ0) is 23.2. The van der Waals surface area contributed by atoms with Crippen LogP contribution in [0.1, 0.15) is 0 Å². The summed E-state index contributed by atoms with van der Waals surface area (Å²) < 4.78 is 16.1. The predicted octanol–water partition coefficient (Wildman–Crippen LogP) is 0.142. The van der Waals surface area contributed by atoms with Crippen LogP contribution < -0.4 is 10.2 Å². The SMILES string of the molecule is O=C(O)[C@@H]1O[C@H](Oc2ccc(-c3cc(=O)c4c(O)cc(O)cc4o3)cc2)[C@@H](O)[C@H](O)[C@H]1O. The number of carbonyl (C=O) groups is 1. The largest absolute Gasteiger partial charge is 0.508 e. The van der Waals surface area contributed by atoms with Gasteiger partial charge in [0.2, 0.25) is 6.29 Å². The molecule has 11 nitrogen and oxygen atoms in total. The van der Waals surface area contributed by atoms with Gasteiger partial charge in [0.25, 0.3) is 0 Å². The molecule has 1 saturated heterocycles. The minimum Gasteiger partial charge on any atom is -0.508 e. The molecule has 2 heterocycles. The summed E-state index contributed by atoms with van der Waals surface area (Å²) in [5, 5.41) is 58.1. The number of hydrogen-bond acceptors (Lipinski definition) is 10. The Morgan fingerprint density at radius 1 is 0.938 bits per heavy atom. The van der Waals surface area contributed by atoms with Crippen LogP contribution in [0.25, 0.3) is 22.3 Å². The Hall–Kier alpha value is -3.64. The highest BCUT2D eigenvalue weighted by molar-refractivity contribution is 5.86. The van der Waals surface area contributed by atoms with Crippen LogP contribution in [0.15, 0.2) is 51.7 Å². The maximum absolute atomic E-state index is 12.4. The number of phenolic OH excluding ortho intramolecular Hbond substituents is 2. The normalized spacial score (nSPS) is 25.5. The van der Waals surface area contributed by atoms with Crippen molar-refractivity contribution in [2.24, 2.45) is 0 Å². The first kappa shape index (κ1) is 21.6. The van der Waals surface area contributed by atoms with E-state index in [4.69, 9.17) is 19.0 Å². The summed E-state index contributed by atoms with van der Waals surface area (Å²) >= 11 is 0. The highest BCUT2D eigenvalue weighted by Crippen LogP contribution is 2.31. The molecule has 1 aromatic heterocycles. The third kappa shape index (κ3) is 3.85. The van der Waals surface area contributed by atoms with Crippen molar-refractivity contribution in [3.63, 3.8) is 0 Å². The van der Waals surface area contributed by atoms with E-state index in [2.05, 4.69) is 0 Å². The highest BCUT2D eigenvalue weighted by atomic mass is 16.7. The quantitative estimate of drug-likeness (QED) is 0.320. The van der Waals surface area contributed by atoms with Gasteiger partial charge in [-0.15, -0.1) is 0 Å². The summed E-state index contributed by atoms with van der Waals surface area (Å²) in [7, 11) is 0. The number of hydrogen-bond donors (Lipinski definition) is 6. The first-order chi connectivity index (χ1) is 15.2. The second-order valence-corrected chi connectivity index (χ2v) is 7.19. The predicted molar refractivity (Wildman–Crippen MR) is 106 cm³/mol. The number of rotatable bonds is 4. The van der Waals surface area contributed by atoms with Gasteiger partial charge in [0.1, 0.15) is 52.3 Å². The molecule has 1 fully saturated rings. The number of phenols is 2. The van der Waals surface area contributed by atoms with Crippen LogP contribution in [-0.2, 0) is 9.53 Å². The Morgan fingerprint density at radius 3 is 2.28 bits per heavy atom. The standard InChI is InChI=1S/C21H18O11/c22-9-5-11(23)15-12(24)7-13(31-14(15)6-9)8-1-3-10(4-2-8)30-21-18(27)16(25)17(26)19(32-21)20(28)29/h1-7,16-19,21-23,25-27H,(H,28,29)/t16-,17-,18+,19-,21+/m1/s1. The molecule has 3 aromatic rings. The number of benzene rings is 2. The average molecular weight is 446 g/mol. The lowest BCUT2D eigenvalue weighted by Crippen LogP contribution is -2.61. The van der Waals surface area contributed by atoms with Gasteiger partial charge < -0.3 is 44.5 Å². The van der Waals surface area contributed by atoms with Gasteiger partial charge in [0, 0.05) is 23.8 Å². The Balaban J connectivity index is 1.59. The number of aliphatic hydroxyl groups excluding tert-OH is 3. The van der Waals surface area contributed by atoms with E-state index >= 15 is 0 Å². The fourth-order valence-corrected chi connectivity index (χ4v) is 3.38. The van der Waals surface area contributed by atoms with Gasteiger partial charge >= 0.3 is 5.97 Å². The van der Waals surface area contributed by atoms with Gasteiger partial charge in [-0.25, -0.2) is 4.79 Å². The lowest BCUT2D eigenvalue weighted by Gasteiger charge is -2.38. The summed E-state index contributed by atoms with van der Waals surface area (Å²) in [5.74, 6) is -1.96. The lowest BCUT2D eigenvalue weighted by molar-refractivity contribution is -0.271. The van der Waals surface area contributed by atoms with Crippen molar-refractivity contribution >= 4 is 16.9 Å². The molecule has 0 amide bonds. The molecule has 0 bridgehead atoms. The molecule has 4 rings (SSSR count). The minimum absolute atomic E-state index is 0.0173. The van der Waals surface area contributed by atoms with Crippen molar-refractivity contribution in [1.82, 2.24) is 0 Å². The first-order valence-corrected chi connectivity index (χ1v) is 9.35. The van der Waals surface area contributed by atoms with Crippen molar-refractivity contribution in [1.29, 1.82) is 0 Å². The van der Waals surface area contributed by atoms with Crippen molar-refractivity contribution in [2.45, 2.75) is 30.7 Å². The Kier molecular flexibility index (Phi) is 5.48. The summed E-state index contributed by atoms with van der Waals surface area (Å²) in [6, 6.07) is 9.22. The van der Waals surface area contributed by atoms with Crippen molar-refractivity contribution in [3.8, 4) is 28.6 Å². The Morgan fingerprint density at radius 2 is 1.62 bits per heavy atom. The summed E-state index contributed by atoms with van der Waals surface area (Å²) in [4.78, 5) is 23.5. The smallest absolute Gasteiger partial charge is 0.335 e. The molecule has 1 aliphatic rings. The van der Waals surface area contributed by atoms with E-state index in [1.807, 2.05) is 0 Å². The van der Waals surface area contributed by atoms with E-state index in [0.29, 0.717) is 5.56 Å². The molecule has 32 heavy (non-hydrogen) atoms. The maximum Gasteiger partial charge on any atom is 0.335 e. The molecule has 2 aromatic carbocycles. The van der Waals surface area contributed by atoms with E-state index < -0.39 is 47.9 Å². The highest BCUT2D eigenvalue weighted by Gasteiger charge is 2.48. The number of ether oxygens (including phenoxy) is 2. The van der Waals surface area contributed by atoms with Crippen LogP contribution >= 0.6 is 0 Å². The molecule has 0 unspecified atom stereocenters. The van der Waals surface area contributed by atoms with Gasteiger partial charge in [0.15, 0.2) is 11.5 Å². The molecule has 1 aliphatic heterocycles. The second kappa shape index (κ2) is 8.13. The van der Waals surface area contributed by atoms with Gasteiger partial charge in [-0.2, -0.15) is 0 Å². The molecule has 6 N–H and O–H groups in total. The average Bonchev–Trinajstić information content (AvgIpc) is 2.73. The number of fused-ring (bicyclic) bond motifs is 1. The van der Waals surface area contributed by atoms with Crippen molar-refractivity contribution < 1.29 is 49.3 Å². The van der Waals surface area contributed by atoms with E-state index in [-0.39, 0.29) is 28.2 Å². The van der Waals surface area contributed by atoms with Crippen molar-refractivity contribution in [3.05, 3.63) is 52.7 Å². The van der Waals surface area contributed by atoms with Crippen LogP contribution in [0.2, 0.25) is 0 Å². The molecule has 0 spiro atoms. The number of carboxylic acid groups (broad SMARTS) is 1. The molecular formula is C21H18O11. The van der Waals surface area contributed by atoms with Crippen LogP contribution in [-0.4, -0.2) is 67.3 Å². The van der Waals surface area contributed by atoms with E-state index in [9.17, 15) is 35.1 Å². The van der Waals surface area contributed by atoms with E-state index in [1.165, 1.54) is 30.3 Å². The number of aliphatic carboxylic acids is 1. The fourth-order valence-electron chi connectivity index (χ4n) is 3.38. The van der Waals surface area contributed by atoms with Crippen LogP contribution in [0.3, 0.4) is 0 Å². The van der Waals surface area contributed by atoms with E-state index in [0.717, 1.165) is 12.1 Å². The monoisotopic (exact) mass is 446 g/mol. The molecular weight excluding hydrogens is 428 g/mol. The third-order valence-corrected chi connectivity index (χ3v) is 5.00. The zero-order valence-electron chi connectivity index (χ0n) is 16.2. The van der Waals surface area contributed by atoms with Crippen LogP contribution in [0, 0.1) is 0 Å². The summed E-state index contributed by atoms with van der Waals surface area (Å²) in [6.07, 6.45) is -8.70. The topological polar surface area (TPSA) is 187 Å². The van der Waals surface area contributed by atoms with E-state index in [1.54, 1.807) is 0 Å². The van der Waals surface area contributed by atoms with Crippen LogP contribution in [0.5, 0.6) is 17.2 Å². The molecule has 11 heteroatoms. The summed E-state index contributed by atoms with van der Waals surface area (Å²) in [5.41, 5.74) is -0.107. The van der Waals surface area contributed by atoms with Crippen LogP contribution in [0.4, 0.5) is 0 Å². The number of aromatic hydroxyl groups is 2. The van der Waals surface area contributed by atoms with Gasteiger partial charge in [0.05, 0.1) is 0 Å². The Bertz CT molecular complexity index is 1220. The number of aliphatic hydroxyl groups is 3. The number of carboxylic acids is 1. The van der Waals surface area contributed by atoms with Gasteiger partial charge in [-0.3, -0.25) is 4.79 Å². The first-order valence-electron chi connectivity index (χ1n) is 9.35. The molecule has 168 valence electrons. The lowest BCUT2D eigenvalue weighted by atomic mass is 9.99. The maximum atomic E-state index is 12.4. The summed E-state index contributed by atoms with van der Waals surface area (Å²) in [6.45, 7) is 0. The van der Waals surface area contributed by atoms with Gasteiger partial charge in [-0.05, 0) is 24.3 Å². The zero-order valence-corrected chi connectivity index (χ0v) is 16.2. The third-order valence-electron chi connectivity index (χ3n) is 5.00. The van der Waals surface area contributed by atoms with Gasteiger partial charge in [-0.1, -0.05) is 0 Å². The fraction of sp³-hybridized carbons (Fsp3) is 0.238.